The van der Waals surface area contributed by atoms with Gasteiger partial charge in [0.1, 0.15) is 10.0 Å². The van der Waals surface area contributed by atoms with Gasteiger partial charge in [-0.3, -0.25) is 9.44 Å². The molecule has 0 radical (unpaired) electrons. The molecule has 0 atom stereocenters. The molecule has 0 aromatic carbocycles. The van der Waals surface area contributed by atoms with Crippen molar-refractivity contribution in [2.24, 2.45) is 0 Å². The largest absolute Gasteiger partial charge is 0.504 e. The van der Waals surface area contributed by atoms with Crippen LogP contribution in [0.3, 0.4) is 0 Å². The van der Waals surface area contributed by atoms with Crippen LogP contribution in [0, 0.1) is 0 Å². The predicted molar refractivity (Wildman–Crippen MR) is 97.0 cm³/mol. The van der Waals surface area contributed by atoms with Crippen LogP contribution in [-0.4, -0.2) is 39.8 Å². The first-order chi connectivity index (χ1) is 11.1. The van der Waals surface area contributed by atoms with Crippen molar-refractivity contribution in [2.75, 3.05) is 23.0 Å². The number of nitrogens with zero attached hydrogens (tertiary/aromatic N) is 1. The minimum absolute atomic E-state index is 0.183. The summed E-state index contributed by atoms with van der Waals surface area (Å²) < 4.78 is 53.9. The third-order valence-electron chi connectivity index (χ3n) is 2.93. The molecule has 0 aliphatic carbocycles. The Balaban J connectivity index is 2.27. The second-order valence-corrected chi connectivity index (χ2v) is 10.6. The van der Waals surface area contributed by atoms with E-state index in [0.717, 1.165) is 27.0 Å². The third-order valence-corrected chi connectivity index (χ3v) is 8.50. The molecule has 2 aromatic heterocycles. The van der Waals surface area contributed by atoms with Gasteiger partial charge in [0.05, 0.1) is 5.69 Å². The van der Waals surface area contributed by atoms with Crippen molar-refractivity contribution in [3.63, 3.8) is 0 Å². The number of nitrogens with one attached hydrogen (secondary N) is 2. The lowest BCUT2D eigenvalue weighted by Crippen LogP contribution is -2.26. The van der Waals surface area contributed by atoms with Crippen molar-refractivity contribution in [3.8, 4) is 5.75 Å². The van der Waals surface area contributed by atoms with Gasteiger partial charge in [-0.25, -0.2) is 12.7 Å². The Morgan fingerprint density at radius 2 is 1.83 bits per heavy atom. The van der Waals surface area contributed by atoms with E-state index in [2.05, 4.69) is 9.44 Å². The van der Waals surface area contributed by atoms with Gasteiger partial charge >= 0.3 is 10.2 Å². The van der Waals surface area contributed by atoms with Crippen LogP contribution in [-0.2, 0) is 20.2 Å². The maximum Gasteiger partial charge on any atom is 0.321 e. The van der Waals surface area contributed by atoms with E-state index in [1.807, 2.05) is 0 Å². The van der Waals surface area contributed by atoms with Gasteiger partial charge in [0.25, 0.3) is 10.0 Å². The Labute approximate surface area is 152 Å². The van der Waals surface area contributed by atoms with E-state index in [-0.39, 0.29) is 26.5 Å². The Bertz CT molecular complexity index is 935. The third kappa shape index (κ3) is 3.95. The van der Waals surface area contributed by atoms with E-state index in [1.165, 1.54) is 18.5 Å². The quantitative estimate of drug-likeness (QED) is 0.623. The number of hydrogen-bond donors (Lipinski definition) is 3. The van der Waals surface area contributed by atoms with Gasteiger partial charge in [0, 0.05) is 19.0 Å². The summed E-state index contributed by atoms with van der Waals surface area (Å²) in [5.41, 5.74) is -0.0515. The summed E-state index contributed by atoms with van der Waals surface area (Å²) >= 11 is 7.69. The predicted octanol–water partition coefficient (Wildman–Crippen LogP) is 2.58. The highest BCUT2D eigenvalue weighted by molar-refractivity contribution is 7.94. The molecule has 0 aliphatic rings. The van der Waals surface area contributed by atoms with Crippen molar-refractivity contribution in [1.29, 1.82) is 0 Å². The summed E-state index contributed by atoms with van der Waals surface area (Å²) in [6, 6.07) is 1.48. The molecule has 0 bridgehead atoms. The van der Waals surface area contributed by atoms with Crippen LogP contribution >= 0.6 is 34.3 Å². The number of aromatic hydroxyl groups is 1. The van der Waals surface area contributed by atoms with Crippen molar-refractivity contribution < 1.29 is 21.9 Å². The molecule has 24 heavy (non-hydrogen) atoms. The molecule has 0 fully saturated rings. The molecule has 0 spiro atoms. The van der Waals surface area contributed by atoms with Gasteiger partial charge in [0.2, 0.25) is 0 Å². The van der Waals surface area contributed by atoms with E-state index in [4.69, 9.17) is 11.6 Å². The second-order valence-electron chi connectivity index (χ2n) is 4.52. The SMILES string of the molecule is CCN(C)S(=O)(=O)c1scc(NS(=O)(=O)Nc2ccsc2Cl)c1O. The fourth-order valence-corrected chi connectivity index (χ4v) is 6.17. The van der Waals surface area contributed by atoms with E-state index in [9.17, 15) is 21.9 Å². The number of anilines is 2. The Kier molecular flexibility index (Phi) is 5.67. The average molecular weight is 432 g/mol. The minimum Gasteiger partial charge on any atom is -0.504 e. The molecule has 134 valence electrons. The summed E-state index contributed by atoms with van der Waals surface area (Å²) in [5.74, 6) is -0.651. The van der Waals surface area contributed by atoms with E-state index in [0.29, 0.717) is 0 Å². The smallest absolute Gasteiger partial charge is 0.321 e. The number of halogens is 1. The van der Waals surface area contributed by atoms with E-state index < -0.39 is 26.0 Å². The number of rotatable bonds is 7. The first-order valence-corrected chi connectivity index (χ1v) is 11.4. The van der Waals surface area contributed by atoms with Crippen LogP contribution in [0.2, 0.25) is 4.34 Å². The molecule has 2 rings (SSSR count). The summed E-state index contributed by atoms with van der Waals surface area (Å²) in [4.78, 5) is 0. The normalized spacial score (nSPS) is 12.5. The Morgan fingerprint density at radius 1 is 1.21 bits per heavy atom. The molecule has 3 N–H and O–H groups in total. The lowest BCUT2D eigenvalue weighted by Gasteiger charge is -2.13. The van der Waals surface area contributed by atoms with Gasteiger partial charge in [-0.15, -0.1) is 22.7 Å². The molecule has 13 heteroatoms. The summed E-state index contributed by atoms with van der Waals surface area (Å²) in [6.45, 7) is 1.85. The second kappa shape index (κ2) is 7.06. The van der Waals surface area contributed by atoms with Crippen molar-refractivity contribution in [2.45, 2.75) is 11.1 Å². The van der Waals surface area contributed by atoms with Crippen LogP contribution in [0.5, 0.6) is 5.75 Å². The highest BCUT2D eigenvalue weighted by Gasteiger charge is 2.28. The highest BCUT2D eigenvalue weighted by Crippen LogP contribution is 2.39. The average Bonchev–Trinajstić information content (AvgIpc) is 3.05. The van der Waals surface area contributed by atoms with Crippen molar-refractivity contribution in [1.82, 2.24) is 4.31 Å². The van der Waals surface area contributed by atoms with Gasteiger partial charge in [-0.05, 0) is 11.4 Å². The molecular weight excluding hydrogens is 418 g/mol. The molecule has 0 unspecified atom stereocenters. The van der Waals surface area contributed by atoms with Crippen LogP contribution in [0.15, 0.2) is 21.0 Å². The molecule has 0 aliphatic heterocycles. The van der Waals surface area contributed by atoms with Gasteiger partial charge in [0.15, 0.2) is 9.96 Å². The molecule has 2 heterocycles. The molecule has 0 amide bonds. The zero-order chi connectivity index (χ0) is 18.1. The van der Waals surface area contributed by atoms with Gasteiger partial charge in [-0.1, -0.05) is 18.5 Å². The minimum atomic E-state index is -4.10. The Morgan fingerprint density at radius 3 is 2.38 bits per heavy atom. The molecule has 0 saturated carbocycles. The fraction of sp³-hybridized carbons (Fsp3) is 0.273. The van der Waals surface area contributed by atoms with Crippen molar-refractivity contribution >= 4 is 65.9 Å². The maximum absolute atomic E-state index is 12.2. The van der Waals surface area contributed by atoms with Gasteiger partial charge < -0.3 is 5.11 Å². The van der Waals surface area contributed by atoms with Crippen LogP contribution in [0.1, 0.15) is 6.92 Å². The summed E-state index contributed by atoms with van der Waals surface area (Å²) in [7, 11) is -6.62. The van der Waals surface area contributed by atoms with Crippen LogP contribution < -0.4 is 9.44 Å². The highest BCUT2D eigenvalue weighted by atomic mass is 35.5. The lowest BCUT2D eigenvalue weighted by molar-refractivity contribution is 0.454. The zero-order valence-electron chi connectivity index (χ0n) is 12.5. The van der Waals surface area contributed by atoms with E-state index >= 15 is 0 Å². The molecular formula is C11H14ClN3O5S4. The number of sulfonamides is 1. The van der Waals surface area contributed by atoms with Crippen molar-refractivity contribution in [3.05, 3.63) is 21.2 Å². The first-order valence-electron chi connectivity index (χ1n) is 6.39. The van der Waals surface area contributed by atoms with Crippen LogP contribution in [0.25, 0.3) is 0 Å². The maximum atomic E-state index is 12.2. The van der Waals surface area contributed by atoms with Gasteiger partial charge in [-0.2, -0.15) is 8.42 Å². The van der Waals surface area contributed by atoms with Crippen LogP contribution in [0.4, 0.5) is 11.4 Å². The number of thiophene rings is 2. The topological polar surface area (TPSA) is 116 Å². The summed E-state index contributed by atoms with van der Waals surface area (Å²) in [6.07, 6.45) is 0. The number of hydrogen-bond acceptors (Lipinski definition) is 7. The molecule has 2 aromatic rings. The lowest BCUT2D eigenvalue weighted by atomic mass is 10.5. The van der Waals surface area contributed by atoms with E-state index in [1.54, 1.807) is 12.3 Å². The monoisotopic (exact) mass is 431 g/mol. The first kappa shape index (κ1) is 19.3. The molecule has 8 nitrogen and oxygen atoms in total. The Hall–Kier alpha value is -1.05. The summed E-state index contributed by atoms with van der Waals surface area (Å²) in [5, 5.41) is 12.9. The molecule has 0 saturated heterocycles. The zero-order valence-corrected chi connectivity index (χ0v) is 16.5. The fourth-order valence-electron chi connectivity index (χ4n) is 1.58. The standard InChI is InChI=1S/C11H14ClN3O5S4/c1-3-15(2)23(17,18)11-9(16)8(6-22-11)14-24(19,20)13-7-4-5-21-10(7)12/h4-6,13-14,16H,3H2,1-2H3.